The summed E-state index contributed by atoms with van der Waals surface area (Å²) in [6.07, 6.45) is 0.969. The fourth-order valence-electron chi connectivity index (χ4n) is 4.21. The predicted octanol–water partition coefficient (Wildman–Crippen LogP) is 5.96. The van der Waals surface area contributed by atoms with Crippen LogP contribution in [0.4, 0.5) is 5.69 Å². The van der Waals surface area contributed by atoms with Crippen molar-refractivity contribution in [3.05, 3.63) is 78.2 Å². The first-order valence-corrected chi connectivity index (χ1v) is 14.3. The molecule has 0 aliphatic carbocycles. The minimum atomic E-state index is -1.27. The number of methoxy groups -OCH3 is 1. The van der Waals surface area contributed by atoms with E-state index in [1.165, 1.54) is 6.92 Å². The number of ether oxygens (including phenoxy) is 1. The highest BCUT2D eigenvalue weighted by Crippen LogP contribution is 2.34. The van der Waals surface area contributed by atoms with Crippen molar-refractivity contribution in [3.63, 3.8) is 0 Å². The van der Waals surface area contributed by atoms with E-state index in [0.717, 1.165) is 28.7 Å². The Hall–Kier alpha value is -4.11. The fourth-order valence-corrected chi connectivity index (χ4v) is 5.41. The van der Waals surface area contributed by atoms with E-state index in [1.54, 1.807) is 12.0 Å². The molecule has 9 heteroatoms. The van der Waals surface area contributed by atoms with Crippen molar-refractivity contribution in [1.29, 1.82) is 0 Å². The summed E-state index contributed by atoms with van der Waals surface area (Å²) in [7, 11) is 0.375. The maximum atomic E-state index is 13.2. The van der Waals surface area contributed by atoms with Gasteiger partial charge in [-0.25, -0.2) is 0 Å². The molecule has 8 nitrogen and oxygen atoms in total. The average Bonchev–Trinajstić information content (AvgIpc) is 3.43. The van der Waals surface area contributed by atoms with Crippen molar-refractivity contribution in [3.8, 4) is 28.3 Å². The number of hydrogen-bond acceptors (Lipinski definition) is 7. The maximum absolute atomic E-state index is 13.2. The van der Waals surface area contributed by atoms with Crippen molar-refractivity contribution in [2.24, 2.45) is 0 Å². The van der Waals surface area contributed by atoms with Gasteiger partial charge in [-0.2, -0.15) is 4.98 Å². The van der Waals surface area contributed by atoms with Crippen molar-refractivity contribution in [2.75, 3.05) is 17.8 Å². The zero-order chi connectivity index (χ0) is 28.9. The molecule has 1 atom stereocenters. The minimum Gasteiger partial charge on any atom is -0.497 e. The van der Waals surface area contributed by atoms with E-state index in [2.05, 4.69) is 10.1 Å². The van der Waals surface area contributed by atoms with Gasteiger partial charge in [0.1, 0.15) is 12.0 Å². The summed E-state index contributed by atoms with van der Waals surface area (Å²) in [6, 6.07) is 21.5. The predicted molar refractivity (Wildman–Crippen MR) is 156 cm³/mol. The van der Waals surface area contributed by atoms with Crippen LogP contribution in [0.15, 0.2) is 76.1 Å². The molecule has 0 spiro atoms. The lowest BCUT2D eigenvalue weighted by Gasteiger charge is -2.23. The molecule has 1 unspecified atom stereocenters. The number of fused-ring (bicyclic) bond motifs is 1. The Morgan fingerprint density at radius 3 is 2.17 bits per heavy atom. The normalized spacial score (nSPS) is 15.0. The van der Waals surface area contributed by atoms with Crippen LogP contribution < -0.4 is 9.64 Å². The molecule has 1 aromatic heterocycles. The molecule has 0 fully saturated rings. The molecule has 1 amide bonds. The first-order chi connectivity index (χ1) is 19.1. The van der Waals surface area contributed by atoms with Crippen LogP contribution in [-0.4, -0.2) is 39.4 Å². The molecular weight excluding hydrogens is 526 g/mol. The van der Waals surface area contributed by atoms with Gasteiger partial charge >= 0.3 is 0 Å². The second-order valence-corrected chi connectivity index (χ2v) is 11.8. The number of amides is 1. The number of rotatable bonds is 5. The quantitative estimate of drug-likeness (QED) is 0.278. The molecule has 1 aliphatic heterocycles. The Bertz CT molecular complexity index is 1510. The molecule has 208 valence electrons. The van der Waals surface area contributed by atoms with E-state index < -0.39 is 10.8 Å². The molecule has 0 N–H and O–H groups in total. The highest BCUT2D eigenvalue weighted by Gasteiger charge is 2.28. The molecule has 40 heavy (non-hydrogen) atoms. The third-order valence-electron chi connectivity index (χ3n) is 6.34. The lowest BCUT2D eigenvalue weighted by Crippen LogP contribution is -2.29. The summed E-state index contributed by atoms with van der Waals surface area (Å²) in [5, 5.41) is 4.15. The van der Waals surface area contributed by atoms with Crippen molar-refractivity contribution < 1.29 is 23.1 Å². The van der Waals surface area contributed by atoms with Crippen LogP contribution in [0.1, 0.15) is 45.6 Å². The largest absolute Gasteiger partial charge is 0.497 e. The Balaban J connectivity index is 0.00000118. The number of carbonyl (C=O) groups excluding carboxylic acids is 2. The number of nitrogens with zero attached hydrogens (tertiary/aromatic N) is 3. The molecule has 0 saturated heterocycles. The van der Waals surface area contributed by atoms with Crippen LogP contribution >= 0.6 is 0 Å². The van der Waals surface area contributed by atoms with E-state index in [-0.39, 0.29) is 17.7 Å². The Morgan fingerprint density at radius 2 is 1.60 bits per heavy atom. The summed E-state index contributed by atoms with van der Waals surface area (Å²) in [6.45, 7) is 7.83. The van der Waals surface area contributed by atoms with Gasteiger partial charge in [0.2, 0.25) is 17.6 Å². The third kappa shape index (κ3) is 6.54. The van der Waals surface area contributed by atoms with Gasteiger partial charge in [0, 0.05) is 23.2 Å². The van der Waals surface area contributed by atoms with Crippen molar-refractivity contribution in [2.45, 2.75) is 51.0 Å². The van der Waals surface area contributed by atoms with Gasteiger partial charge < -0.3 is 19.0 Å². The standard InChI is InChI=1S/C29H29N3O4S.C2H4O/c1-29(2,3)28-30-27(31-36-28)22-11-14-25-24(17-22)32(26(33)15-16-37(25)34)18-19-5-7-20(8-6-19)21-9-12-23(35-4)13-10-21;1-2-3/h5-14,17H,15-16,18H2,1-4H3;2H,1H3. The zero-order valence-corrected chi connectivity index (χ0v) is 24.2. The van der Waals surface area contributed by atoms with Gasteiger partial charge in [-0.1, -0.05) is 62.3 Å². The number of hydrogen-bond donors (Lipinski definition) is 0. The second-order valence-electron chi connectivity index (χ2n) is 10.3. The van der Waals surface area contributed by atoms with E-state index in [4.69, 9.17) is 14.1 Å². The molecule has 0 bridgehead atoms. The van der Waals surface area contributed by atoms with Crippen LogP contribution in [0.2, 0.25) is 0 Å². The Kier molecular flexibility index (Phi) is 8.94. The van der Waals surface area contributed by atoms with E-state index in [9.17, 15) is 9.00 Å². The Labute approximate surface area is 236 Å². The topological polar surface area (TPSA) is 103 Å². The number of aromatic nitrogens is 2. The van der Waals surface area contributed by atoms with Crippen LogP contribution in [-0.2, 0) is 32.3 Å². The van der Waals surface area contributed by atoms with Crippen LogP contribution in [0.25, 0.3) is 22.5 Å². The summed E-state index contributed by atoms with van der Waals surface area (Å²) in [4.78, 5) is 28.9. The van der Waals surface area contributed by atoms with Crippen LogP contribution in [0.3, 0.4) is 0 Å². The summed E-state index contributed by atoms with van der Waals surface area (Å²) < 4.78 is 23.7. The van der Waals surface area contributed by atoms with E-state index in [0.29, 0.717) is 40.2 Å². The lowest BCUT2D eigenvalue weighted by molar-refractivity contribution is -0.118. The molecule has 5 rings (SSSR count). The van der Waals surface area contributed by atoms with Crippen molar-refractivity contribution in [1.82, 2.24) is 10.1 Å². The third-order valence-corrected chi connectivity index (χ3v) is 7.75. The molecule has 0 radical (unpaired) electrons. The molecule has 3 aromatic carbocycles. The lowest BCUT2D eigenvalue weighted by atomic mass is 9.97. The van der Waals surface area contributed by atoms with Gasteiger partial charge in [-0.3, -0.25) is 9.00 Å². The highest BCUT2D eigenvalue weighted by atomic mass is 32.2. The molecular formula is C31H33N3O5S. The smallest absolute Gasteiger partial charge is 0.232 e. The summed E-state index contributed by atoms with van der Waals surface area (Å²) in [5.74, 6) is 2.02. The zero-order valence-electron chi connectivity index (χ0n) is 23.3. The number of carbonyl (C=O) groups is 2. The fraction of sp³-hybridized carbons (Fsp3) is 0.290. The number of benzene rings is 3. The number of anilines is 1. The van der Waals surface area contributed by atoms with Gasteiger partial charge in [0.05, 0.1) is 35.0 Å². The molecule has 1 aliphatic rings. The summed E-state index contributed by atoms with van der Waals surface area (Å²) >= 11 is 0. The van der Waals surface area contributed by atoms with Crippen LogP contribution in [0.5, 0.6) is 5.75 Å². The highest BCUT2D eigenvalue weighted by molar-refractivity contribution is 7.85. The first-order valence-electron chi connectivity index (χ1n) is 12.9. The first kappa shape index (κ1) is 28.9. The monoisotopic (exact) mass is 559 g/mol. The van der Waals surface area contributed by atoms with Gasteiger partial charge in [0.15, 0.2) is 0 Å². The minimum absolute atomic E-state index is 0.0630. The van der Waals surface area contributed by atoms with E-state index in [1.807, 2.05) is 87.5 Å². The maximum Gasteiger partial charge on any atom is 0.232 e. The SMILES string of the molecule is CC=O.COc1ccc(-c2ccc(CN3C(=O)CCS(=O)c4ccc(-c5noc(C(C)(C)C)n5)cc43)cc2)cc1. The second kappa shape index (κ2) is 12.4. The van der Waals surface area contributed by atoms with Gasteiger partial charge in [0.25, 0.3) is 0 Å². The molecule has 4 aromatic rings. The van der Waals surface area contributed by atoms with Crippen LogP contribution in [0, 0.1) is 0 Å². The summed E-state index contributed by atoms with van der Waals surface area (Å²) in [5.41, 5.74) is 4.19. The van der Waals surface area contributed by atoms with E-state index >= 15 is 0 Å². The molecule has 0 saturated carbocycles. The Morgan fingerprint density at radius 1 is 1.00 bits per heavy atom. The van der Waals surface area contributed by atoms with Gasteiger partial charge in [-0.05, 0) is 53.9 Å². The molecule has 2 heterocycles. The number of aldehydes is 1. The van der Waals surface area contributed by atoms with Crippen molar-refractivity contribution >= 4 is 28.7 Å². The average molecular weight is 560 g/mol. The van der Waals surface area contributed by atoms with Gasteiger partial charge in [-0.15, -0.1) is 0 Å².